The topological polar surface area (TPSA) is 120 Å². The molecule has 4 fully saturated rings. The summed E-state index contributed by atoms with van der Waals surface area (Å²) >= 11 is 0. The molecule has 2 bridgehead atoms. The second-order valence-corrected chi connectivity index (χ2v) is 11.7. The molecule has 10 nitrogen and oxygen atoms in total. The number of hydrogen-bond acceptors (Lipinski definition) is 8. The average Bonchev–Trinajstić information content (AvgIpc) is 3.05. The normalized spacial score (nSPS) is 32.4. The molecule has 0 spiro atoms. The Labute approximate surface area is 203 Å². The molecule has 1 unspecified atom stereocenters. The highest BCUT2D eigenvalue weighted by Crippen LogP contribution is 2.57. The van der Waals surface area contributed by atoms with Gasteiger partial charge in [0.05, 0.1) is 44.0 Å². The lowest BCUT2D eigenvalue weighted by Crippen LogP contribution is -2.55. The van der Waals surface area contributed by atoms with Crippen molar-refractivity contribution in [3.63, 3.8) is 0 Å². The van der Waals surface area contributed by atoms with Crippen LogP contribution < -0.4 is 9.46 Å². The number of aryl methyl sites for hydroxylation is 1. The number of carbonyl (C=O) groups is 1. The summed E-state index contributed by atoms with van der Waals surface area (Å²) in [7, 11) is -2.17. The third kappa shape index (κ3) is 5.36. The molecule has 1 aliphatic heterocycles. The number of alkyl halides is 2. The van der Waals surface area contributed by atoms with Crippen LogP contribution in [0.3, 0.4) is 0 Å². The number of nitrogens with one attached hydrogen (secondary N) is 1. The summed E-state index contributed by atoms with van der Waals surface area (Å²) in [6.07, 6.45) is 5.51. The quantitative estimate of drug-likeness (QED) is 0.557. The van der Waals surface area contributed by atoms with Crippen LogP contribution in [-0.2, 0) is 24.9 Å². The first-order valence-electron chi connectivity index (χ1n) is 11.7. The molecule has 2 heterocycles. The third-order valence-electron chi connectivity index (χ3n) is 7.49. The summed E-state index contributed by atoms with van der Waals surface area (Å²) in [5, 5.41) is 0. The fraction of sp³-hybridized carbons (Fsp3) is 0.773. The molecule has 5 rings (SSSR count). The van der Waals surface area contributed by atoms with Crippen molar-refractivity contribution in [3.05, 3.63) is 17.7 Å². The molecule has 3 saturated carbocycles. The summed E-state index contributed by atoms with van der Waals surface area (Å²) in [6, 6.07) is -1.14. The van der Waals surface area contributed by atoms with Crippen LogP contribution in [-0.4, -0.2) is 80.2 Å². The first-order chi connectivity index (χ1) is 16.4. The Balaban J connectivity index is 1.39. The minimum Gasteiger partial charge on any atom is -0.453 e. The van der Waals surface area contributed by atoms with Crippen molar-refractivity contribution < 1.29 is 36.2 Å². The van der Waals surface area contributed by atoms with Crippen LogP contribution in [0.2, 0.25) is 0 Å². The number of sulfonamides is 1. The molecule has 1 aromatic heterocycles. The molecule has 13 heteroatoms. The standard InChI is InChI=1S/C22H32F2N4O6S/c1-12-7-15(27-35(4,30)31)16(28(12)21(29)32-3)11-33-17-5-6-22(8-14(17)9-22)19-25-10-18(13(2)26-19)34-20(23)24/h10,12,14-17,20,27H,5-9,11H2,1-4H3/t12-,14?,15+,16+,17?,22?/m1/s1. The lowest BCUT2D eigenvalue weighted by molar-refractivity contribution is -0.102. The lowest BCUT2D eigenvalue weighted by atomic mass is 9.52. The van der Waals surface area contributed by atoms with E-state index in [-0.39, 0.29) is 35.8 Å². The third-order valence-corrected chi connectivity index (χ3v) is 8.22. The molecule has 1 saturated heterocycles. The Hall–Kier alpha value is -2.12. The van der Waals surface area contributed by atoms with Gasteiger partial charge in [0.1, 0.15) is 5.82 Å². The summed E-state index contributed by atoms with van der Waals surface area (Å²) in [6.45, 7) is 0.748. The zero-order valence-electron chi connectivity index (χ0n) is 20.2. The Kier molecular flexibility index (Phi) is 7.22. The molecule has 4 aliphatic rings. The number of rotatable bonds is 8. The molecule has 1 amide bonds. The van der Waals surface area contributed by atoms with E-state index in [1.165, 1.54) is 13.3 Å². The van der Waals surface area contributed by atoms with Gasteiger partial charge in [-0.3, -0.25) is 4.90 Å². The molecular weight excluding hydrogens is 486 g/mol. The van der Waals surface area contributed by atoms with Crippen LogP contribution >= 0.6 is 0 Å². The van der Waals surface area contributed by atoms with E-state index < -0.39 is 34.8 Å². The van der Waals surface area contributed by atoms with E-state index >= 15 is 0 Å². The van der Waals surface area contributed by atoms with E-state index in [1.807, 2.05) is 6.92 Å². The van der Waals surface area contributed by atoms with Crippen LogP contribution in [0.1, 0.15) is 50.5 Å². The summed E-state index contributed by atoms with van der Waals surface area (Å²) in [5.74, 6) is 0.896. The van der Waals surface area contributed by atoms with Crippen molar-refractivity contribution in [1.29, 1.82) is 0 Å². The van der Waals surface area contributed by atoms with Crippen LogP contribution in [0.25, 0.3) is 0 Å². The molecule has 4 atom stereocenters. The van der Waals surface area contributed by atoms with Gasteiger partial charge in [0.15, 0.2) is 5.75 Å². The van der Waals surface area contributed by atoms with Gasteiger partial charge >= 0.3 is 12.7 Å². The molecule has 1 N–H and O–H groups in total. The van der Waals surface area contributed by atoms with Crippen molar-refractivity contribution in [1.82, 2.24) is 19.6 Å². The van der Waals surface area contributed by atoms with Crippen molar-refractivity contribution in [2.24, 2.45) is 5.92 Å². The number of halogens is 2. The number of likely N-dealkylation sites (tertiary alicyclic amines) is 1. The molecular formula is C22H32F2N4O6S. The van der Waals surface area contributed by atoms with E-state index in [0.29, 0.717) is 17.9 Å². The van der Waals surface area contributed by atoms with Gasteiger partial charge in [0.25, 0.3) is 0 Å². The number of hydrogen-bond donors (Lipinski definition) is 1. The van der Waals surface area contributed by atoms with E-state index in [0.717, 1.165) is 31.9 Å². The fourth-order valence-corrected chi connectivity index (χ4v) is 6.71. The van der Waals surface area contributed by atoms with Crippen molar-refractivity contribution >= 4 is 16.1 Å². The highest BCUT2D eigenvalue weighted by Gasteiger charge is 2.55. The number of nitrogens with zero attached hydrogens (tertiary/aromatic N) is 3. The number of fused-ring (bicyclic) bond motifs is 2. The smallest absolute Gasteiger partial charge is 0.410 e. The maximum Gasteiger partial charge on any atom is 0.410 e. The Bertz CT molecular complexity index is 1050. The van der Waals surface area contributed by atoms with Crippen molar-refractivity contribution in [2.75, 3.05) is 20.0 Å². The predicted octanol–water partition coefficient (Wildman–Crippen LogP) is 2.36. The van der Waals surface area contributed by atoms with Gasteiger partial charge in [-0.2, -0.15) is 8.78 Å². The summed E-state index contributed by atoms with van der Waals surface area (Å²) < 4.78 is 67.1. The average molecular weight is 519 g/mol. The van der Waals surface area contributed by atoms with Crippen LogP contribution in [0.15, 0.2) is 6.20 Å². The van der Waals surface area contributed by atoms with Gasteiger partial charge < -0.3 is 14.2 Å². The van der Waals surface area contributed by atoms with Gasteiger partial charge in [-0.25, -0.2) is 27.9 Å². The van der Waals surface area contributed by atoms with Gasteiger partial charge in [-0.15, -0.1) is 0 Å². The maximum absolute atomic E-state index is 12.5. The number of ether oxygens (including phenoxy) is 3. The van der Waals surface area contributed by atoms with Crippen LogP contribution in [0.4, 0.5) is 13.6 Å². The largest absolute Gasteiger partial charge is 0.453 e. The summed E-state index contributed by atoms with van der Waals surface area (Å²) in [5.41, 5.74) is 0.188. The van der Waals surface area contributed by atoms with E-state index in [2.05, 4.69) is 19.4 Å². The molecule has 196 valence electrons. The molecule has 35 heavy (non-hydrogen) atoms. The highest BCUT2D eigenvalue weighted by atomic mass is 32.2. The number of aromatic nitrogens is 2. The van der Waals surface area contributed by atoms with Gasteiger partial charge in [0, 0.05) is 17.5 Å². The van der Waals surface area contributed by atoms with Crippen molar-refractivity contribution in [3.8, 4) is 5.75 Å². The lowest BCUT2D eigenvalue weighted by Gasteiger charge is -2.54. The second-order valence-electron chi connectivity index (χ2n) is 9.91. The first kappa shape index (κ1) is 26.0. The Morgan fingerprint density at radius 1 is 1.37 bits per heavy atom. The summed E-state index contributed by atoms with van der Waals surface area (Å²) in [4.78, 5) is 22.7. The second kappa shape index (κ2) is 9.74. The zero-order valence-corrected chi connectivity index (χ0v) is 21.1. The highest BCUT2D eigenvalue weighted by molar-refractivity contribution is 7.88. The maximum atomic E-state index is 12.5. The van der Waals surface area contributed by atoms with Crippen molar-refractivity contribution in [2.45, 2.75) is 82.2 Å². The van der Waals surface area contributed by atoms with Gasteiger partial charge in [-0.1, -0.05) is 0 Å². The Morgan fingerprint density at radius 3 is 2.63 bits per heavy atom. The minimum absolute atomic E-state index is 0.0220. The number of carbonyl (C=O) groups excluding carboxylic acids is 1. The Morgan fingerprint density at radius 2 is 2.09 bits per heavy atom. The SMILES string of the molecule is COC(=O)N1[C@H](C)C[C@H](NS(C)(=O)=O)[C@@H]1COC1CCC2(c3ncc(OC(F)F)c(C)n3)CC1C2. The number of methoxy groups -OCH3 is 1. The van der Waals surface area contributed by atoms with E-state index in [1.54, 1.807) is 11.8 Å². The van der Waals surface area contributed by atoms with Gasteiger partial charge in [0.2, 0.25) is 10.0 Å². The molecule has 1 aromatic rings. The minimum atomic E-state index is -3.47. The van der Waals surface area contributed by atoms with E-state index in [4.69, 9.17) is 9.47 Å². The predicted molar refractivity (Wildman–Crippen MR) is 121 cm³/mol. The van der Waals surface area contributed by atoms with E-state index in [9.17, 15) is 22.0 Å². The molecule has 0 radical (unpaired) electrons. The zero-order chi connectivity index (χ0) is 25.5. The fourth-order valence-electron chi connectivity index (χ4n) is 5.90. The first-order valence-corrected chi connectivity index (χ1v) is 13.6. The molecule has 0 aromatic carbocycles. The monoisotopic (exact) mass is 518 g/mol. The number of amides is 1. The van der Waals surface area contributed by atoms with Crippen LogP contribution in [0, 0.1) is 12.8 Å². The molecule has 3 aliphatic carbocycles. The van der Waals surface area contributed by atoms with Gasteiger partial charge in [-0.05, 0) is 51.9 Å². The van der Waals surface area contributed by atoms with Crippen LogP contribution in [0.5, 0.6) is 5.75 Å².